The molecule has 74 valence electrons. The summed E-state index contributed by atoms with van der Waals surface area (Å²) in [5.41, 5.74) is 0. The zero-order valence-corrected chi connectivity index (χ0v) is 8.33. The highest BCUT2D eigenvalue weighted by atomic mass is 16.2. The SMILES string of the molecule is CCN1C(=O)NC(CC(C)C)C1=O. The standard InChI is InChI=1S/C9H16N2O2/c1-4-11-8(12)7(5-6(2)3)10-9(11)13/h6-7H,4-5H2,1-3H3,(H,10,13). The van der Waals surface area contributed by atoms with E-state index in [1.54, 1.807) is 6.92 Å². The minimum Gasteiger partial charge on any atom is -0.326 e. The van der Waals surface area contributed by atoms with Crippen LogP contribution >= 0.6 is 0 Å². The number of likely N-dealkylation sites (N-methyl/N-ethyl adjacent to an activating group) is 1. The molecule has 0 aromatic heterocycles. The maximum Gasteiger partial charge on any atom is 0.324 e. The van der Waals surface area contributed by atoms with Crippen LogP contribution in [0.1, 0.15) is 27.2 Å². The number of rotatable bonds is 3. The zero-order chi connectivity index (χ0) is 10.0. The van der Waals surface area contributed by atoms with Crippen molar-refractivity contribution < 1.29 is 9.59 Å². The fourth-order valence-electron chi connectivity index (χ4n) is 1.51. The molecular formula is C9H16N2O2. The van der Waals surface area contributed by atoms with E-state index in [-0.39, 0.29) is 18.0 Å². The minimum absolute atomic E-state index is 0.0822. The van der Waals surface area contributed by atoms with Gasteiger partial charge in [-0.1, -0.05) is 13.8 Å². The van der Waals surface area contributed by atoms with Crippen molar-refractivity contribution in [1.82, 2.24) is 10.2 Å². The summed E-state index contributed by atoms with van der Waals surface area (Å²) >= 11 is 0. The van der Waals surface area contributed by atoms with Crippen LogP contribution in [0.15, 0.2) is 0 Å². The van der Waals surface area contributed by atoms with Crippen LogP contribution < -0.4 is 5.32 Å². The summed E-state index contributed by atoms with van der Waals surface area (Å²) in [5.74, 6) is 0.340. The predicted molar refractivity (Wildman–Crippen MR) is 49.2 cm³/mol. The molecule has 1 aliphatic heterocycles. The molecular weight excluding hydrogens is 168 g/mol. The Labute approximate surface area is 78.3 Å². The maximum atomic E-state index is 11.5. The number of imide groups is 1. The van der Waals surface area contributed by atoms with Crippen LogP contribution in [0.5, 0.6) is 0 Å². The molecule has 0 aromatic carbocycles. The van der Waals surface area contributed by atoms with E-state index in [0.717, 1.165) is 6.42 Å². The van der Waals surface area contributed by atoms with Gasteiger partial charge < -0.3 is 5.32 Å². The van der Waals surface area contributed by atoms with Gasteiger partial charge in [0.1, 0.15) is 6.04 Å². The van der Waals surface area contributed by atoms with Crippen molar-refractivity contribution in [2.45, 2.75) is 33.2 Å². The highest BCUT2D eigenvalue weighted by Crippen LogP contribution is 2.13. The Hall–Kier alpha value is -1.06. The van der Waals surface area contributed by atoms with Gasteiger partial charge in [0.05, 0.1) is 0 Å². The molecule has 1 aliphatic rings. The molecule has 4 heteroatoms. The summed E-state index contributed by atoms with van der Waals surface area (Å²) < 4.78 is 0. The van der Waals surface area contributed by atoms with Crippen molar-refractivity contribution in [3.05, 3.63) is 0 Å². The van der Waals surface area contributed by atoms with Gasteiger partial charge in [0.15, 0.2) is 0 Å². The zero-order valence-electron chi connectivity index (χ0n) is 8.33. The smallest absolute Gasteiger partial charge is 0.324 e. The van der Waals surface area contributed by atoms with Crippen LogP contribution in [0.4, 0.5) is 4.79 Å². The van der Waals surface area contributed by atoms with E-state index >= 15 is 0 Å². The molecule has 0 aromatic rings. The highest BCUT2D eigenvalue weighted by molar-refractivity contribution is 6.04. The van der Waals surface area contributed by atoms with Gasteiger partial charge in [0.2, 0.25) is 0 Å². The van der Waals surface area contributed by atoms with E-state index in [2.05, 4.69) is 5.32 Å². The van der Waals surface area contributed by atoms with Gasteiger partial charge >= 0.3 is 6.03 Å². The summed E-state index contributed by atoms with van der Waals surface area (Å²) in [6.45, 7) is 6.33. The average molecular weight is 184 g/mol. The van der Waals surface area contributed by atoms with Crippen molar-refractivity contribution >= 4 is 11.9 Å². The first-order valence-corrected chi connectivity index (χ1v) is 4.68. The maximum absolute atomic E-state index is 11.5. The quantitative estimate of drug-likeness (QED) is 0.664. The van der Waals surface area contributed by atoms with Crippen LogP contribution in [0.3, 0.4) is 0 Å². The number of nitrogens with zero attached hydrogens (tertiary/aromatic N) is 1. The minimum atomic E-state index is -0.299. The van der Waals surface area contributed by atoms with E-state index in [0.29, 0.717) is 12.5 Å². The van der Waals surface area contributed by atoms with Crippen molar-refractivity contribution in [2.75, 3.05) is 6.54 Å². The number of carbonyl (C=O) groups excluding carboxylic acids is 2. The van der Waals surface area contributed by atoms with Gasteiger partial charge in [0, 0.05) is 6.54 Å². The molecule has 1 fully saturated rings. The van der Waals surface area contributed by atoms with Crippen LogP contribution in [0.25, 0.3) is 0 Å². The second-order valence-electron chi connectivity index (χ2n) is 3.71. The van der Waals surface area contributed by atoms with E-state index in [9.17, 15) is 9.59 Å². The van der Waals surface area contributed by atoms with Crippen LogP contribution in [-0.4, -0.2) is 29.4 Å². The van der Waals surface area contributed by atoms with Crippen molar-refractivity contribution in [3.63, 3.8) is 0 Å². The normalized spacial score (nSPS) is 22.8. The molecule has 4 nitrogen and oxygen atoms in total. The van der Waals surface area contributed by atoms with Crippen LogP contribution in [-0.2, 0) is 4.79 Å². The van der Waals surface area contributed by atoms with Crippen molar-refractivity contribution in [3.8, 4) is 0 Å². The van der Waals surface area contributed by atoms with E-state index < -0.39 is 0 Å². The number of urea groups is 1. The van der Waals surface area contributed by atoms with Gasteiger partial charge in [-0.3, -0.25) is 9.69 Å². The first kappa shape index (κ1) is 10.0. The van der Waals surface area contributed by atoms with Gasteiger partial charge in [0.25, 0.3) is 5.91 Å². The lowest BCUT2D eigenvalue weighted by molar-refractivity contribution is -0.127. The number of amides is 3. The first-order chi connectivity index (χ1) is 6.06. The molecule has 0 saturated carbocycles. The molecule has 0 spiro atoms. The molecule has 1 rings (SSSR count). The van der Waals surface area contributed by atoms with Gasteiger partial charge in [-0.05, 0) is 19.3 Å². The lowest BCUT2D eigenvalue weighted by atomic mass is 10.0. The molecule has 13 heavy (non-hydrogen) atoms. The van der Waals surface area contributed by atoms with Crippen molar-refractivity contribution in [2.24, 2.45) is 5.92 Å². The Balaban J connectivity index is 2.62. The number of hydrogen-bond donors (Lipinski definition) is 1. The largest absolute Gasteiger partial charge is 0.326 e. The Bertz CT molecular complexity index is 226. The Morgan fingerprint density at radius 3 is 2.46 bits per heavy atom. The monoisotopic (exact) mass is 184 g/mol. The fourth-order valence-corrected chi connectivity index (χ4v) is 1.51. The van der Waals surface area contributed by atoms with Gasteiger partial charge in [-0.15, -0.1) is 0 Å². The van der Waals surface area contributed by atoms with Crippen LogP contribution in [0.2, 0.25) is 0 Å². The Morgan fingerprint density at radius 2 is 2.08 bits per heavy atom. The summed E-state index contributed by atoms with van der Waals surface area (Å²) in [6.07, 6.45) is 0.723. The summed E-state index contributed by atoms with van der Waals surface area (Å²) in [5, 5.41) is 2.67. The molecule has 1 saturated heterocycles. The first-order valence-electron chi connectivity index (χ1n) is 4.68. The summed E-state index contributed by atoms with van der Waals surface area (Å²) in [6, 6.07) is -0.550. The molecule has 0 bridgehead atoms. The third-order valence-electron chi connectivity index (χ3n) is 2.13. The molecule has 1 heterocycles. The van der Waals surface area contributed by atoms with Crippen molar-refractivity contribution in [1.29, 1.82) is 0 Å². The van der Waals surface area contributed by atoms with Crippen LogP contribution in [0, 0.1) is 5.92 Å². The summed E-state index contributed by atoms with van der Waals surface area (Å²) in [7, 11) is 0. The predicted octanol–water partition coefficient (Wildman–Crippen LogP) is 0.973. The van der Waals surface area contributed by atoms with Gasteiger partial charge in [-0.2, -0.15) is 0 Å². The highest BCUT2D eigenvalue weighted by Gasteiger charge is 2.36. The number of nitrogens with one attached hydrogen (secondary N) is 1. The molecule has 0 radical (unpaired) electrons. The average Bonchev–Trinajstić information content (AvgIpc) is 2.26. The topological polar surface area (TPSA) is 49.4 Å². The third-order valence-corrected chi connectivity index (χ3v) is 2.13. The molecule has 0 aliphatic carbocycles. The lowest BCUT2D eigenvalue weighted by Crippen LogP contribution is -2.31. The third kappa shape index (κ3) is 1.99. The second kappa shape index (κ2) is 3.77. The molecule has 3 amide bonds. The number of carbonyl (C=O) groups is 2. The van der Waals surface area contributed by atoms with Gasteiger partial charge in [-0.25, -0.2) is 4.79 Å². The molecule has 1 atom stereocenters. The fraction of sp³-hybridized carbons (Fsp3) is 0.778. The summed E-state index contributed by atoms with van der Waals surface area (Å²) in [4.78, 5) is 24.0. The molecule has 1 N–H and O–H groups in total. The lowest BCUT2D eigenvalue weighted by Gasteiger charge is -2.11. The second-order valence-corrected chi connectivity index (χ2v) is 3.71. The van der Waals surface area contributed by atoms with E-state index in [4.69, 9.17) is 0 Å². The number of hydrogen-bond acceptors (Lipinski definition) is 2. The van der Waals surface area contributed by atoms with E-state index in [1.165, 1.54) is 4.90 Å². The Kier molecular flexibility index (Phi) is 2.90. The molecule has 1 unspecified atom stereocenters. The Morgan fingerprint density at radius 1 is 1.46 bits per heavy atom. The van der Waals surface area contributed by atoms with E-state index in [1.807, 2.05) is 13.8 Å².